The van der Waals surface area contributed by atoms with Crippen LogP contribution >= 0.6 is 11.6 Å². The van der Waals surface area contributed by atoms with Gasteiger partial charge in [-0.15, -0.1) is 0 Å². The van der Waals surface area contributed by atoms with E-state index in [1.54, 1.807) is 60.7 Å². The Morgan fingerprint density at radius 2 is 1.71 bits per heavy atom. The van der Waals surface area contributed by atoms with Crippen molar-refractivity contribution in [3.05, 3.63) is 98.7 Å². The highest BCUT2D eigenvalue weighted by Crippen LogP contribution is 2.32. The number of rotatable bonds is 5. The van der Waals surface area contributed by atoms with Gasteiger partial charge in [0, 0.05) is 10.6 Å². The van der Waals surface area contributed by atoms with Crippen LogP contribution < -0.4 is 10.2 Å². The molecule has 0 atom stereocenters. The van der Waals surface area contributed by atoms with E-state index in [9.17, 15) is 9.59 Å². The second-order valence-corrected chi connectivity index (χ2v) is 7.51. The Morgan fingerprint density at radius 1 is 1.00 bits per heavy atom. The summed E-state index contributed by atoms with van der Waals surface area (Å²) in [5.41, 5.74) is 3.09. The number of ether oxygens (including phenoxy) is 2. The highest BCUT2D eigenvalue weighted by Gasteiger charge is 2.18. The molecule has 0 aliphatic carbocycles. The van der Waals surface area contributed by atoms with E-state index in [4.69, 9.17) is 25.5 Å². The lowest BCUT2D eigenvalue weighted by atomic mass is 10.1. The fourth-order valence-electron chi connectivity index (χ4n) is 3.22. The van der Waals surface area contributed by atoms with E-state index in [0.717, 1.165) is 11.1 Å². The maximum atomic E-state index is 13.3. The highest BCUT2D eigenvalue weighted by atomic mass is 35.5. The van der Waals surface area contributed by atoms with Gasteiger partial charge in [0.25, 0.3) is 0 Å². The van der Waals surface area contributed by atoms with Crippen LogP contribution in [0, 0.1) is 6.92 Å². The van der Waals surface area contributed by atoms with Gasteiger partial charge >= 0.3 is 5.97 Å². The molecule has 0 spiro atoms. The second-order valence-electron chi connectivity index (χ2n) is 7.07. The van der Waals surface area contributed by atoms with Crippen LogP contribution in [0.5, 0.6) is 5.75 Å². The molecule has 0 aliphatic rings. The second kappa shape index (κ2) is 8.66. The van der Waals surface area contributed by atoms with Crippen molar-refractivity contribution in [2.24, 2.45) is 0 Å². The van der Waals surface area contributed by atoms with Gasteiger partial charge in [0.15, 0.2) is 5.76 Å². The van der Waals surface area contributed by atoms with Gasteiger partial charge in [0.05, 0.1) is 18.1 Å². The van der Waals surface area contributed by atoms with Gasteiger partial charge in [-0.3, -0.25) is 4.79 Å². The summed E-state index contributed by atoms with van der Waals surface area (Å²) in [4.78, 5) is 24.9. The number of carbonyl (C=O) groups excluding carboxylic acids is 1. The standard InChI is InChI=1S/C25H19ClO5/c1-15-3-12-21-20(13-15)22(27)24(23(31-21)17-8-10-19(26)11-9-17)30-14-16-4-6-18(7-5-16)25(28)29-2/h3-13H,14H2,1-2H3. The molecule has 0 saturated carbocycles. The number of esters is 1. The molecule has 0 bridgehead atoms. The van der Waals surface area contributed by atoms with E-state index in [2.05, 4.69) is 0 Å². The predicted octanol–water partition coefficient (Wildman–Crippen LogP) is 5.79. The molecule has 0 aliphatic heterocycles. The summed E-state index contributed by atoms with van der Waals surface area (Å²) < 4.78 is 16.7. The quantitative estimate of drug-likeness (QED) is 0.372. The molecule has 4 rings (SSSR count). The zero-order chi connectivity index (χ0) is 22.0. The van der Waals surface area contributed by atoms with Crippen molar-refractivity contribution in [1.29, 1.82) is 0 Å². The minimum absolute atomic E-state index is 0.123. The molecule has 0 fully saturated rings. The smallest absolute Gasteiger partial charge is 0.337 e. The first-order valence-corrected chi connectivity index (χ1v) is 9.97. The first kappa shape index (κ1) is 20.7. The Kier molecular flexibility index (Phi) is 5.78. The monoisotopic (exact) mass is 434 g/mol. The van der Waals surface area contributed by atoms with E-state index in [-0.39, 0.29) is 17.8 Å². The Balaban J connectivity index is 1.75. The van der Waals surface area contributed by atoms with Gasteiger partial charge < -0.3 is 13.9 Å². The summed E-state index contributed by atoms with van der Waals surface area (Å²) in [5.74, 6) is 0.0460. The van der Waals surface area contributed by atoms with Crippen molar-refractivity contribution >= 4 is 28.5 Å². The molecule has 31 heavy (non-hydrogen) atoms. The molecule has 5 nitrogen and oxygen atoms in total. The van der Waals surface area contributed by atoms with Gasteiger partial charge in [0.2, 0.25) is 11.2 Å². The number of fused-ring (bicyclic) bond motifs is 1. The van der Waals surface area contributed by atoms with Crippen molar-refractivity contribution in [1.82, 2.24) is 0 Å². The lowest BCUT2D eigenvalue weighted by molar-refractivity contribution is 0.0600. The summed E-state index contributed by atoms with van der Waals surface area (Å²) in [6.07, 6.45) is 0. The third kappa shape index (κ3) is 4.32. The lowest BCUT2D eigenvalue weighted by Crippen LogP contribution is -2.10. The Hall–Kier alpha value is -3.57. The molecule has 3 aromatic carbocycles. The molecule has 0 N–H and O–H groups in total. The van der Waals surface area contributed by atoms with Gasteiger partial charge in [-0.2, -0.15) is 0 Å². The average Bonchev–Trinajstić information content (AvgIpc) is 2.79. The predicted molar refractivity (Wildman–Crippen MR) is 120 cm³/mol. The lowest BCUT2D eigenvalue weighted by Gasteiger charge is -2.12. The van der Waals surface area contributed by atoms with Gasteiger partial charge in [-0.1, -0.05) is 35.4 Å². The fraction of sp³-hybridized carbons (Fsp3) is 0.120. The zero-order valence-electron chi connectivity index (χ0n) is 17.0. The van der Waals surface area contributed by atoms with Crippen LogP contribution in [0.25, 0.3) is 22.3 Å². The topological polar surface area (TPSA) is 65.7 Å². The van der Waals surface area contributed by atoms with Gasteiger partial charge in [-0.25, -0.2) is 4.79 Å². The summed E-state index contributed by atoms with van der Waals surface area (Å²) in [6, 6.07) is 19.3. The van der Waals surface area contributed by atoms with Crippen LogP contribution in [0.15, 0.2) is 75.9 Å². The first-order chi connectivity index (χ1) is 15.0. The van der Waals surface area contributed by atoms with Crippen LogP contribution in [-0.2, 0) is 11.3 Å². The number of hydrogen-bond donors (Lipinski definition) is 0. The molecule has 0 unspecified atom stereocenters. The van der Waals surface area contributed by atoms with Gasteiger partial charge in [-0.05, 0) is 61.0 Å². The fourth-order valence-corrected chi connectivity index (χ4v) is 3.35. The minimum Gasteiger partial charge on any atom is -0.481 e. The molecular formula is C25H19ClO5. The van der Waals surface area contributed by atoms with Crippen molar-refractivity contribution in [2.45, 2.75) is 13.5 Å². The molecule has 6 heteroatoms. The Morgan fingerprint density at radius 3 is 2.39 bits per heavy atom. The summed E-state index contributed by atoms with van der Waals surface area (Å²) in [7, 11) is 1.33. The molecule has 0 amide bonds. The normalized spacial score (nSPS) is 10.8. The summed E-state index contributed by atoms with van der Waals surface area (Å²) >= 11 is 6.01. The maximum Gasteiger partial charge on any atom is 0.337 e. The van der Waals surface area contributed by atoms with Crippen LogP contribution in [0.2, 0.25) is 5.02 Å². The number of carbonyl (C=O) groups is 1. The van der Waals surface area contributed by atoms with E-state index >= 15 is 0 Å². The number of hydrogen-bond acceptors (Lipinski definition) is 5. The van der Waals surface area contributed by atoms with Crippen LogP contribution in [0.1, 0.15) is 21.5 Å². The van der Waals surface area contributed by atoms with Crippen LogP contribution in [-0.4, -0.2) is 13.1 Å². The van der Waals surface area contributed by atoms with Crippen molar-refractivity contribution in [3.63, 3.8) is 0 Å². The largest absolute Gasteiger partial charge is 0.481 e. The van der Waals surface area contributed by atoms with Crippen molar-refractivity contribution in [3.8, 4) is 17.1 Å². The van der Waals surface area contributed by atoms with Crippen LogP contribution in [0.4, 0.5) is 0 Å². The molecule has 0 saturated heterocycles. The van der Waals surface area contributed by atoms with Crippen LogP contribution in [0.3, 0.4) is 0 Å². The molecule has 156 valence electrons. The number of benzene rings is 3. The molecule has 0 radical (unpaired) electrons. The molecule has 1 heterocycles. The van der Waals surface area contributed by atoms with Crippen molar-refractivity contribution < 1.29 is 18.7 Å². The maximum absolute atomic E-state index is 13.3. The van der Waals surface area contributed by atoms with Gasteiger partial charge in [0.1, 0.15) is 12.2 Å². The number of methoxy groups -OCH3 is 1. The first-order valence-electron chi connectivity index (χ1n) is 9.59. The third-order valence-corrected chi connectivity index (χ3v) is 5.12. The van der Waals surface area contributed by atoms with E-state index in [1.807, 2.05) is 13.0 Å². The molecule has 1 aromatic heterocycles. The number of halogens is 1. The zero-order valence-corrected chi connectivity index (χ0v) is 17.7. The third-order valence-electron chi connectivity index (χ3n) is 4.87. The highest BCUT2D eigenvalue weighted by molar-refractivity contribution is 6.30. The average molecular weight is 435 g/mol. The van der Waals surface area contributed by atoms with E-state index in [0.29, 0.717) is 32.9 Å². The molecular weight excluding hydrogens is 416 g/mol. The number of aryl methyl sites for hydroxylation is 1. The Bertz CT molecular complexity index is 1310. The van der Waals surface area contributed by atoms with Crippen molar-refractivity contribution in [2.75, 3.05) is 7.11 Å². The van der Waals surface area contributed by atoms with E-state index < -0.39 is 5.97 Å². The summed E-state index contributed by atoms with van der Waals surface area (Å²) in [5, 5.41) is 1.03. The minimum atomic E-state index is -0.414. The van der Waals surface area contributed by atoms with E-state index in [1.165, 1.54) is 7.11 Å². The SMILES string of the molecule is COC(=O)c1ccc(COc2c(-c3ccc(Cl)cc3)oc3ccc(C)cc3c2=O)cc1. The summed E-state index contributed by atoms with van der Waals surface area (Å²) in [6.45, 7) is 2.04. The molecule has 4 aromatic rings. The Labute approximate surface area is 183 Å².